The van der Waals surface area contributed by atoms with Crippen LogP contribution in [0.3, 0.4) is 0 Å². The zero-order valence-electron chi connectivity index (χ0n) is 23.0. The minimum absolute atomic E-state index is 0.191. The van der Waals surface area contributed by atoms with Gasteiger partial charge in [0, 0.05) is 32.5 Å². The van der Waals surface area contributed by atoms with Gasteiger partial charge in [0.1, 0.15) is 0 Å². The highest BCUT2D eigenvalue weighted by atomic mass is 16.5. The van der Waals surface area contributed by atoms with Crippen LogP contribution in [0.25, 0.3) is 0 Å². The molecule has 4 atom stereocenters. The first-order chi connectivity index (χ1) is 15.5. The van der Waals surface area contributed by atoms with Crippen LogP contribution in [0.2, 0.25) is 0 Å². The molecule has 0 amide bonds. The van der Waals surface area contributed by atoms with E-state index in [0.29, 0.717) is 11.8 Å². The molecule has 0 spiro atoms. The van der Waals surface area contributed by atoms with Crippen LogP contribution in [0.15, 0.2) is 0 Å². The largest absolute Gasteiger partial charge is 0.381 e. The summed E-state index contributed by atoms with van der Waals surface area (Å²) >= 11 is 0. The second kappa shape index (κ2) is 22.7. The SMILES string of the molecule is CCCCC(CC)CC(CC)COCCC(N)CCOCC(CC)CC(CC)CCCC. The Morgan fingerprint density at radius 1 is 0.531 bits per heavy atom. The molecule has 3 nitrogen and oxygen atoms in total. The highest BCUT2D eigenvalue weighted by molar-refractivity contribution is 4.67. The Labute approximate surface area is 203 Å². The normalized spacial score (nSPS) is 16.6. The predicted octanol–water partition coefficient (Wildman–Crippen LogP) is 8.39. The summed E-state index contributed by atoms with van der Waals surface area (Å²) in [5.74, 6) is 3.14. The molecule has 0 saturated heterocycles. The van der Waals surface area contributed by atoms with E-state index in [1.807, 2.05) is 0 Å². The van der Waals surface area contributed by atoms with Gasteiger partial charge in [-0.25, -0.2) is 0 Å². The van der Waals surface area contributed by atoms with E-state index in [2.05, 4.69) is 41.5 Å². The standard InChI is InChI=1S/C29H61NO2/c1-7-13-15-25(9-3)21-27(11-5)23-31-19-17-29(30)18-20-32-24-28(12-6)22-26(10-4)16-14-8-2/h25-29H,7-24,30H2,1-6H3. The quantitative estimate of drug-likeness (QED) is 0.149. The number of hydrogen-bond donors (Lipinski definition) is 1. The Bertz CT molecular complexity index is 342. The Morgan fingerprint density at radius 2 is 0.906 bits per heavy atom. The molecule has 0 rings (SSSR count). The number of rotatable bonds is 24. The molecule has 0 aromatic rings. The fourth-order valence-corrected chi connectivity index (χ4v) is 4.72. The van der Waals surface area contributed by atoms with E-state index in [9.17, 15) is 0 Å². The average Bonchev–Trinajstić information content (AvgIpc) is 2.81. The van der Waals surface area contributed by atoms with Gasteiger partial charge in [0.15, 0.2) is 0 Å². The zero-order valence-corrected chi connectivity index (χ0v) is 23.0. The van der Waals surface area contributed by atoms with E-state index in [4.69, 9.17) is 15.2 Å². The Balaban J connectivity index is 3.93. The van der Waals surface area contributed by atoms with E-state index in [-0.39, 0.29) is 6.04 Å². The Kier molecular flexibility index (Phi) is 22.6. The van der Waals surface area contributed by atoms with Crippen molar-refractivity contribution in [3.05, 3.63) is 0 Å². The van der Waals surface area contributed by atoms with Crippen molar-refractivity contribution < 1.29 is 9.47 Å². The lowest BCUT2D eigenvalue weighted by Crippen LogP contribution is -2.25. The van der Waals surface area contributed by atoms with Gasteiger partial charge in [-0.05, 0) is 49.4 Å². The molecule has 0 aromatic carbocycles. The van der Waals surface area contributed by atoms with Crippen molar-refractivity contribution in [2.24, 2.45) is 29.4 Å². The maximum atomic E-state index is 6.33. The molecular formula is C29H61NO2. The maximum Gasteiger partial charge on any atom is 0.0494 e. The van der Waals surface area contributed by atoms with Gasteiger partial charge in [-0.2, -0.15) is 0 Å². The van der Waals surface area contributed by atoms with Crippen molar-refractivity contribution in [1.29, 1.82) is 0 Å². The summed E-state index contributed by atoms with van der Waals surface area (Å²) in [6.07, 6.45) is 17.7. The van der Waals surface area contributed by atoms with Gasteiger partial charge in [-0.3, -0.25) is 0 Å². The van der Waals surface area contributed by atoms with Crippen LogP contribution in [-0.2, 0) is 9.47 Å². The highest BCUT2D eigenvalue weighted by Gasteiger charge is 2.16. The highest BCUT2D eigenvalue weighted by Crippen LogP contribution is 2.25. The minimum atomic E-state index is 0.191. The van der Waals surface area contributed by atoms with Crippen molar-refractivity contribution in [2.75, 3.05) is 26.4 Å². The number of ether oxygens (including phenoxy) is 2. The summed E-state index contributed by atoms with van der Waals surface area (Å²) in [5.41, 5.74) is 6.33. The molecule has 0 aliphatic rings. The second-order valence-corrected chi connectivity index (χ2v) is 10.3. The topological polar surface area (TPSA) is 44.5 Å². The molecular weight excluding hydrogens is 394 g/mol. The number of unbranched alkanes of at least 4 members (excludes halogenated alkanes) is 2. The molecule has 0 bridgehead atoms. The first-order valence-corrected chi connectivity index (χ1v) is 14.4. The van der Waals surface area contributed by atoms with Gasteiger partial charge < -0.3 is 15.2 Å². The summed E-state index contributed by atoms with van der Waals surface area (Å²) in [6.45, 7) is 17.2. The van der Waals surface area contributed by atoms with Crippen LogP contribution in [0.1, 0.15) is 131 Å². The van der Waals surface area contributed by atoms with E-state index >= 15 is 0 Å². The fraction of sp³-hybridized carbons (Fsp3) is 1.00. The Morgan fingerprint density at radius 3 is 1.22 bits per heavy atom. The third-order valence-corrected chi connectivity index (χ3v) is 7.55. The van der Waals surface area contributed by atoms with Crippen molar-refractivity contribution in [3.63, 3.8) is 0 Å². The van der Waals surface area contributed by atoms with Crippen LogP contribution in [0.5, 0.6) is 0 Å². The summed E-state index contributed by atoms with van der Waals surface area (Å²) in [7, 11) is 0. The lowest BCUT2D eigenvalue weighted by Gasteiger charge is -2.22. The second-order valence-electron chi connectivity index (χ2n) is 10.3. The van der Waals surface area contributed by atoms with Crippen molar-refractivity contribution >= 4 is 0 Å². The van der Waals surface area contributed by atoms with Crippen LogP contribution in [-0.4, -0.2) is 32.5 Å². The molecule has 3 heteroatoms. The van der Waals surface area contributed by atoms with Gasteiger partial charge in [-0.1, -0.05) is 106 Å². The van der Waals surface area contributed by atoms with E-state index in [1.54, 1.807) is 0 Å². The van der Waals surface area contributed by atoms with Gasteiger partial charge in [0.2, 0.25) is 0 Å². The first kappa shape index (κ1) is 31.9. The fourth-order valence-electron chi connectivity index (χ4n) is 4.72. The molecule has 2 N–H and O–H groups in total. The predicted molar refractivity (Wildman–Crippen MR) is 142 cm³/mol. The molecule has 0 heterocycles. The average molecular weight is 456 g/mol. The van der Waals surface area contributed by atoms with Gasteiger partial charge >= 0.3 is 0 Å². The monoisotopic (exact) mass is 455 g/mol. The number of hydrogen-bond acceptors (Lipinski definition) is 3. The lowest BCUT2D eigenvalue weighted by atomic mass is 9.88. The van der Waals surface area contributed by atoms with E-state index < -0.39 is 0 Å². The van der Waals surface area contributed by atoms with Gasteiger partial charge in [-0.15, -0.1) is 0 Å². The van der Waals surface area contributed by atoms with E-state index in [0.717, 1.165) is 51.1 Å². The van der Waals surface area contributed by atoms with Crippen LogP contribution in [0, 0.1) is 23.7 Å². The molecule has 0 saturated carbocycles. The Hall–Kier alpha value is -0.120. The molecule has 4 unspecified atom stereocenters. The zero-order chi connectivity index (χ0) is 24.0. The van der Waals surface area contributed by atoms with Crippen molar-refractivity contribution in [3.8, 4) is 0 Å². The third kappa shape index (κ3) is 17.4. The van der Waals surface area contributed by atoms with Gasteiger partial charge in [0.25, 0.3) is 0 Å². The molecule has 0 radical (unpaired) electrons. The van der Waals surface area contributed by atoms with Gasteiger partial charge in [0.05, 0.1) is 0 Å². The maximum absolute atomic E-state index is 6.33. The molecule has 0 aromatic heterocycles. The lowest BCUT2D eigenvalue weighted by molar-refractivity contribution is 0.0686. The van der Waals surface area contributed by atoms with Crippen molar-refractivity contribution in [2.45, 2.75) is 137 Å². The molecule has 32 heavy (non-hydrogen) atoms. The molecule has 0 aliphatic heterocycles. The molecule has 194 valence electrons. The minimum Gasteiger partial charge on any atom is -0.381 e. The first-order valence-electron chi connectivity index (χ1n) is 14.4. The smallest absolute Gasteiger partial charge is 0.0494 e. The third-order valence-electron chi connectivity index (χ3n) is 7.55. The molecule has 0 fully saturated rings. The van der Waals surface area contributed by atoms with Crippen molar-refractivity contribution in [1.82, 2.24) is 0 Å². The summed E-state index contributed by atoms with van der Waals surface area (Å²) < 4.78 is 12.1. The van der Waals surface area contributed by atoms with Crippen LogP contribution < -0.4 is 5.73 Å². The van der Waals surface area contributed by atoms with Crippen LogP contribution in [0.4, 0.5) is 0 Å². The summed E-state index contributed by atoms with van der Waals surface area (Å²) in [5, 5.41) is 0. The van der Waals surface area contributed by atoms with E-state index in [1.165, 1.54) is 77.0 Å². The summed E-state index contributed by atoms with van der Waals surface area (Å²) in [4.78, 5) is 0. The molecule has 0 aliphatic carbocycles. The van der Waals surface area contributed by atoms with Crippen LogP contribution >= 0.6 is 0 Å². The summed E-state index contributed by atoms with van der Waals surface area (Å²) in [6, 6.07) is 0.191. The number of nitrogens with two attached hydrogens (primary N) is 1.